The van der Waals surface area contributed by atoms with Crippen molar-refractivity contribution < 1.29 is 14.8 Å². The summed E-state index contributed by atoms with van der Waals surface area (Å²) >= 11 is 5.82. The lowest BCUT2D eigenvalue weighted by Gasteiger charge is -2.14. The maximum absolute atomic E-state index is 11.8. The monoisotopic (exact) mass is 272 g/mol. The molecule has 1 aromatic rings. The van der Waals surface area contributed by atoms with E-state index in [4.69, 9.17) is 16.7 Å². The van der Waals surface area contributed by atoms with Gasteiger partial charge >= 0.3 is 0 Å². The molecule has 0 radical (unpaired) electrons. The fourth-order valence-electron chi connectivity index (χ4n) is 1.34. The van der Waals surface area contributed by atoms with Crippen LogP contribution < -0.4 is 5.32 Å². The number of halogens is 1. The van der Waals surface area contributed by atoms with Crippen molar-refractivity contribution in [3.05, 3.63) is 38.9 Å². The van der Waals surface area contributed by atoms with Crippen molar-refractivity contribution in [1.82, 2.24) is 5.32 Å². The quantitative estimate of drug-likeness (QED) is 0.631. The van der Waals surface area contributed by atoms with Crippen molar-refractivity contribution in [1.29, 1.82) is 0 Å². The number of rotatable bonds is 5. The topological polar surface area (TPSA) is 92.5 Å². The Morgan fingerprint density at radius 3 is 2.78 bits per heavy atom. The van der Waals surface area contributed by atoms with Gasteiger partial charge in [0.25, 0.3) is 11.6 Å². The number of nitrogens with zero attached hydrogens (tertiary/aromatic N) is 1. The number of amides is 1. The third kappa shape index (κ3) is 3.41. The Kier molecular flexibility index (Phi) is 5.06. The van der Waals surface area contributed by atoms with Gasteiger partial charge in [-0.3, -0.25) is 14.9 Å². The first-order chi connectivity index (χ1) is 8.49. The summed E-state index contributed by atoms with van der Waals surface area (Å²) in [5.74, 6) is -0.537. The van der Waals surface area contributed by atoms with Crippen LogP contribution in [0.4, 0.5) is 5.69 Å². The van der Waals surface area contributed by atoms with Crippen LogP contribution in [0.1, 0.15) is 23.7 Å². The molecule has 98 valence electrons. The van der Waals surface area contributed by atoms with E-state index in [-0.39, 0.29) is 22.9 Å². The predicted molar refractivity (Wildman–Crippen MR) is 66.7 cm³/mol. The Balaban J connectivity index is 2.97. The number of hydrogen-bond donors (Lipinski definition) is 2. The van der Waals surface area contributed by atoms with Crippen molar-refractivity contribution in [3.63, 3.8) is 0 Å². The second-order valence-electron chi connectivity index (χ2n) is 3.68. The number of carbonyl (C=O) groups excluding carboxylic acids is 1. The third-order valence-electron chi connectivity index (χ3n) is 2.45. The van der Waals surface area contributed by atoms with Gasteiger partial charge in [0.1, 0.15) is 0 Å². The van der Waals surface area contributed by atoms with Gasteiger partial charge in [0.15, 0.2) is 0 Å². The number of aliphatic hydroxyl groups is 1. The first kappa shape index (κ1) is 14.4. The Labute approximate surface area is 109 Å². The molecule has 1 rings (SSSR count). The van der Waals surface area contributed by atoms with Crippen LogP contribution in [0.2, 0.25) is 5.02 Å². The van der Waals surface area contributed by atoms with Crippen LogP contribution in [0, 0.1) is 10.1 Å². The van der Waals surface area contributed by atoms with E-state index >= 15 is 0 Å². The SMILES string of the molecule is CCC(CO)NC(=O)c1cc([N+](=O)[O-])ccc1Cl. The highest BCUT2D eigenvalue weighted by molar-refractivity contribution is 6.33. The number of nitro benzene ring substituents is 1. The maximum Gasteiger partial charge on any atom is 0.270 e. The minimum absolute atomic E-state index is 0.0257. The van der Waals surface area contributed by atoms with Crippen molar-refractivity contribution in [2.45, 2.75) is 19.4 Å². The molecule has 0 saturated heterocycles. The zero-order valence-electron chi connectivity index (χ0n) is 9.72. The molecule has 0 bridgehead atoms. The van der Waals surface area contributed by atoms with Crippen LogP contribution in [0.3, 0.4) is 0 Å². The van der Waals surface area contributed by atoms with Crippen LogP contribution in [-0.4, -0.2) is 28.6 Å². The van der Waals surface area contributed by atoms with Crippen molar-refractivity contribution in [3.8, 4) is 0 Å². The standard InChI is InChI=1S/C11H13ClN2O4/c1-2-7(6-15)13-11(16)9-5-8(14(17)18)3-4-10(9)12/h3-5,7,15H,2,6H2,1H3,(H,13,16). The molecule has 7 heteroatoms. The highest BCUT2D eigenvalue weighted by atomic mass is 35.5. The molecule has 0 aliphatic carbocycles. The van der Waals surface area contributed by atoms with E-state index in [1.807, 2.05) is 0 Å². The average Bonchev–Trinajstić information content (AvgIpc) is 2.35. The van der Waals surface area contributed by atoms with Gasteiger partial charge in [-0.15, -0.1) is 0 Å². The number of hydrogen-bond acceptors (Lipinski definition) is 4. The molecule has 1 unspecified atom stereocenters. The van der Waals surface area contributed by atoms with Gasteiger partial charge in [-0.2, -0.15) is 0 Å². The van der Waals surface area contributed by atoms with E-state index in [0.717, 1.165) is 6.07 Å². The van der Waals surface area contributed by atoms with Gasteiger partial charge in [0, 0.05) is 12.1 Å². The number of carbonyl (C=O) groups is 1. The smallest absolute Gasteiger partial charge is 0.270 e. The summed E-state index contributed by atoms with van der Waals surface area (Å²) < 4.78 is 0. The summed E-state index contributed by atoms with van der Waals surface area (Å²) in [6.07, 6.45) is 0.550. The summed E-state index contributed by atoms with van der Waals surface area (Å²) in [5, 5.41) is 22.3. The van der Waals surface area contributed by atoms with Crippen LogP contribution in [0.5, 0.6) is 0 Å². The Hall–Kier alpha value is -1.66. The minimum Gasteiger partial charge on any atom is -0.394 e. The maximum atomic E-state index is 11.8. The molecule has 18 heavy (non-hydrogen) atoms. The predicted octanol–water partition coefficient (Wildman–Crippen LogP) is 1.75. The van der Waals surface area contributed by atoms with E-state index in [2.05, 4.69) is 5.32 Å². The molecular formula is C11H13ClN2O4. The fourth-order valence-corrected chi connectivity index (χ4v) is 1.54. The Morgan fingerprint density at radius 2 is 2.28 bits per heavy atom. The lowest BCUT2D eigenvalue weighted by molar-refractivity contribution is -0.384. The van der Waals surface area contributed by atoms with Crippen LogP contribution in [0.25, 0.3) is 0 Å². The third-order valence-corrected chi connectivity index (χ3v) is 2.78. The Morgan fingerprint density at radius 1 is 1.61 bits per heavy atom. The molecule has 2 N–H and O–H groups in total. The molecule has 0 aliphatic heterocycles. The molecule has 6 nitrogen and oxygen atoms in total. The summed E-state index contributed by atoms with van der Waals surface area (Å²) in [6.45, 7) is 1.60. The largest absolute Gasteiger partial charge is 0.394 e. The molecule has 1 aromatic carbocycles. The zero-order valence-corrected chi connectivity index (χ0v) is 10.5. The molecular weight excluding hydrogens is 260 g/mol. The van der Waals surface area contributed by atoms with Gasteiger partial charge in [0.2, 0.25) is 0 Å². The van der Waals surface area contributed by atoms with Gasteiger partial charge in [-0.25, -0.2) is 0 Å². The summed E-state index contributed by atoms with van der Waals surface area (Å²) in [4.78, 5) is 21.9. The van der Waals surface area contributed by atoms with Crippen LogP contribution in [0.15, 0.2) is 18.2 Å². The average molecular weight is 273 g/mol. The molecule has 0 heterocycles. The molecule has 0 saturated carbocycles. The van der Waals surface area contributed by atoms with Gasteiger partial charge < -0.3 is 10.4 Å². The fraction of sp³-hybridized carbons (Fsp3) is 0.364. The molecule has 0 aromatic heterocycles. The van der Waals surface area contributed by atoms with E-state index in [1.54, 1.807) is 6.92 Å². The van der Waals surface area contributed by atoms with E-state index < -0.39 is 16.9 Å². The van der Waals surface area contributed by atoms with E-state index in [0.29, 0.717) is 6.42 Å². The van der Waals surface area contributed by atoms with Crippen molar-refractivity contribution >= 4 is 23.2 Å². The van der Waals surface area contributed by atoms with Crippen molar-refractivity contribution in [2.75, 3.05) is 6.61 Å². The van der Waals surface area contributed by atoms with Gasteiger partial charge in [-0.1, -0.05) is 18.5 Å². The van der Waals surface area contributed by atoms with Crippen LogP contribution in [-0.2, 0) is 0 Å². The summed E-state index contributed by atoms with van der Waals surface area (Å²) in [7, 11) is 0. The molecule has 0 aliphatic rings. The first-order valence-corrected chi connectivity index (χ1v) is 5.73. The first-order valence-electron chi connectivity index (χ1n) is 5.35. The zero-order chi connectivity index (χ0) is 13.7. The highest BCUT2D eigenvalue weighted by Gasteiger charge is 2.17. The number of non-ortho nitro benzene ring substituents is 1. The second kappa shape index (κ2) is 6.32. The van der Waals surface area contributed by atoms with Crippen molar-refractivity contribution in [2.24, 2.45) is 0 Å². The van der Waals surface area contributed by atoms with Gasteiger partial charge in [0.05, 0.1) is 28.2 Å². The highest BCUT2D eigenvalue weighted by Crippen LogP contribution is 2.22. The normalized spacial score (nSPS) is 11.9. The number of aliphatic hydroxyl groups excluding tert-OH is 1. The lowest BCUT2D eigenvalue weighted by atomic mass is 10.1. The summed E-state index contributed by atoms with van der Waals surface area (Å²) in [6, 6.07) is 3.24. The Bertz CT molecular complexity index is 460. The number of nitro groups is 1. The second-order valence-corrected chi connectivity index (χ2v) is 4.09. The number of benzene rings is 1. The molecule has 1 atom stereocenters. The summed E-state index contributed by atoms with van der Waals surface area (Å²) in [5.41, 5.74) is -0.181. The van der Waals surface area contributed by atoms with E-state index in [1.165, 1.54) is 12.1 Å². The van der Waals surface area contributed by atoms with E-state index in [9.17, 15) is 14.9 Å². The molecule has 0 fully saturated rings. The van der Waals surface area contributed by atoms with Gasteiger partial charge in [-0.05, 0) is 12.5 Å². The molecule has 0 spiro atoms. The lowest BCUT2D eigenvalue weighted by Crippen LogP contribution is -2.37. The number of nitrogens with one attached hydrogen (secondary N) is 1. The minimum atomic E-state index is -0.601. The molecule has 1 amide bonds. The van der Waals surface area contributed by atoms with Crippen LogP contribution >= 0.6 is 11.6 Å².